The van der Waals surface area contributed by atoms with Crippen molar-refractivity contribution in [1.82, 2.24) is 19.7 Å². The van der Waals surface area contributed by atoms with Gasteiger partial charge in [0.1, 0.15) is 22.5 Å². The van der Waals surface area contributed by atoms with E-state index in [4.69, 9.17) is 19.2 Å². The number of hydrogen-bond donors (Lipinski definition) is 1. The van der Waals surface area contributed by atoms with Crippen molar-refractivity contribution in [2.75, 3.05) is 26.6 Å². The van der Waals surface area contributed by atoms with Crippen LogP contribution in [0, 0.1) is 11.6 Å². The molecule has 39 heavy (non-hydrogen) atoms. The van der Waals surface area contributed by atoms with E-state index in [1.54, 1.807) is 38.5 Å². The minimum Gasteiger partial charge on any atom is -0.493 e. The number of methoxy groups -OCH3 is 3. The standard InChI is InChI=1S/C28H25F2N5O3S/c1-36-23-11-16(12-24(37-2)25(23)38-3)27-33-34-28(39-27)32-20-14-21-22(13-19(20)30)35(18-8-5-9-18)26(31-21)15-6-4-7-17(29)10-15/h4,6-7,10-14,18H,5,8-9H2,1-3H3,(H,32,34). The molecule has 0 bridgehead atoms. The second-order valence-electron chi connectivity index (χ2n) is 9.17. The normalized spacial score (nSPS) is 13.4. The van der Waals surface area contributed by atoms with Crippen LogP contribution in [0.25, 0.3) is 33.0 Å². The lowest BCUT2D eigenvalue weighted by Gasteiger charge is -2.29. The summed E-state index contributed by atoms with van der Waals surface area (Å²) in [6.07, 6.45) is 3.05. The second kappa shape index (κ2) is 10.1. The number of anilines is 2. The fraction of sp³-hybridized carbons (Fsp3) is 0.250. The van der Waals surface area contributed by atoms with E-state index in [1.165, 1.54) is 36.6 Å². The van der Waals surface area contributed by atoms with Gasteiger partial charge >= 0.3 is 0 Å². The Hall–Kier alpha value is -4.25. The van der Waals surface area contributed by atoms with Crippen LogP contribution in [0.5, 0.6) is 17.2 Å². The zero-order valence-corrected chi connectivity index (χ0v) is 22.3. The van der Waals surface area contributed by atoms with Crippen molar-refractivity contribution in [2.45, 2.75) is 25.3 Å². The van der Waals surface area contributed by atoms with Gasteiger partial charge in [-0.05, 0) is 49.6 Å². The minimum absolute atomic E-state index is 0.204. The first-order valence-electron chi connectivity index (χ1n) is 12.4. The number of halogens is 2. The monoisotopic (exact) mass is 549 g/mol. The highest BCUT2D eigenvalue weighted by Gasteiger charge is 2.26. The van der Waals surface area contributed by atoms with Gasteiger partial charge in [0.15, 0.2) is 11.5 Å². The summed E-state index contributed by atoms with van der Waals surface area (Å²) < 4.78 is 47.7. The van der Waals surface area contributed by atoms with Crippen molar-refractivity contribution < 1.29 is 23.0 Å². The lowest BCUT2D eigenvalue weighted by molar-refractivity contribution is 0.323. The van der Waals surface area contributed by atoms with Crippen LogP contribution in [0.1, 0.15) is 25.3 Å². The van der Waals surface area contributed by atoms with Crippen molar-refractivity contribution >= 4 is 33.2 Å². The van der Waals surface area contributed by atoms with Crippen molar-refractivity contribution in [3.63, 3.8) is 0 Å². The molecule has 200 valence electrons. The van der Waals surface area contributed by atoms with Crippen LogP contribution < -0.4 is 19.5 Å². The van der Waals surface area contributed by atoms with E-state index < -0.39 is 5.82 Å². The van der Waals surface area contributed by atoms with Crippen LogP contribution in [-0.4, -0.2) is 41.1 Å². The summed E-state index contributed by atoms with van der Waals surface area (Å²) >= 11 is 1.25. The number of nitrogens with one attached hydrogen (secondary N) is 1. The van der Waals surface area contributed by atoms with E-state index in [0.717, 1.165) is 19.3 Å². The summed E-state index contributed by atoms with van der Waals surface area (Å²) in [6.45, 7) is 0. The molecule has 3 aromatic carbocycles. The zero-order chi connectivity index (χ0) is 27.1. The molecule has 0 aliphatic heterocycles. The molecule has 8 nitrogen and oxygen atoms in total. The van der Waals surface area contributed by atoms with Gasteiger partial charge < -0.3 is 24.1 Å². The van der Waals surface area contributed by atoms with E-state index in [9.17, 15) is 4.39 Å². The maximum Gasteiger partial charge on any atom is 0.210 e. The van der Waals surface area contributed by atoms with Gasteiger partial charge in [-0.3, -0.25) is 0 Å². The molecule has 5 aromatic rings. The molecular weight excluding hydrogens is 524 g/mol. The number of benzene rings is 3. The minimum atomic E-state index is -0.446. The van der Waals surface area contributed by atoms with Gasteiger partial charge in [-0.1, -0.05) is 23.5 Å². The molecule has 1 aliphatic rings. The van der Waals surface area contributed by atoms with Crippen molar-refractivity contribution in [3.05, 3.63) is 60.2 Å². The molecule has 0 amide bonds. The molecule has 1 saturated carbocycles. The fourth-order valence-corrected chi connectivity index (χ4v) is 5.51. The van der Waals surface area contributed by atoms with Gasteiger partial charge in [-0.15, -0.1) is 10.2 Å². The molecule has 0 unspecified atom stereocenters. The van der Waals surface area contributed by atoms with Crippen molar-refractivity contribution in [3.8, 4) is 39.2 Å². The Bertz CT molecular complexity index is 1660. The fourth-order valence-electron chi connectivity index (χ4n) is 4.77. The highest BCUT2D eigenvalue weighted by molar-refractivity contribution is 7.18. The molecule has 0 spiro atoms. The van der Waals surface area contributed by atoms with Crippen LogP contribution in [0.15, 0.2) is 48.5 Å². The van der Waals surface area contributed by atoms with Crippen molar-refractivity contribution in [2.24, 2.45) is 0 Å². The predicted molar refractivity (Wildman–Crippen MR) is 146 cm³/mol. The van der Waals surface area contributed by atoms with Crippen LogP contribution >= 0.6 is 11.3 Å². The molecule has 0 radical (unpaired) electrons. The molecule has 1 aliphatic carbocycles. The van der Waals surface area contributed by atoms with E-state index in [1.807, 2.05) is 10.6 Å². The van der Waals surface area contributed by atoms with Crippen LogP contribution in [0.2, 0.25) is 0 Å². The topological polar surface area (TPSA) is 83.3 Å². The summed E-state index contributed by atoms with van der Waals surface area (Å²) in [4.78, 5) is 4.79. The molecule has 6 rings (SSSR count). The van der Waals surface area contributed by atoms with E-state index >= 15 is 4.39 Å². The molecule has 1 fully saturated rings. The summed E-state index contributed by atoms with van der Waals surface area (Å²) in [7, 11) is 4.62. The summed E-state index contributed by atoms with van der Waals surface area (Å²) in [5.41, 5.74) is 2.88. The summed E-state index contributed by atoms with van der Waals surface area (Å²) in [5, 5.41) is 12.5. The Morgan fingerprint density at radius 3 is 2.33 bits per heavy atom. The first-order valence-corrected chi connectivity index (χ1v) is 13.2. The first-order chi connectivity index (χ1) is 19.0. The number of rotatable bonds is 8. The van der Waals surface area contributed by atoms with Gasteiger partial charge in [0.2, 0.25) is 10.9 Å². The van der Waals surface area contributed by atoms with Gasteiger partial charge in [0.25, 0.3) is 0 Å². The van der Waals surface area contributed by atoms with E-state index in [2.05, 4.69) is 15.5 Å². The number of nitrogens with zero attached hydrogens (tertiary/aromatic N) is 4. The Kier molecular flexibility index (Phi) is 6.51. The third-order valence-electron chi connectivity index (χ3n) is 6.88. The molecule has 2 heterocycles. The quantitative estimate of drug-likeness (QED) is 0.223. The Morgan fingerprint density at radius 2 is 1.69 bits per heavy atom. The lowest BCUT2D eigenvalue weighted by atomic mass is 9.92. The van der Waals surface area contributed by atoms with Crippen LogP contribution in [-0.2, 0) is 0 Å². The van der Waals surface area contributed by atoms with Gasteiger partial charge in [-0.25, -0.2) is 13.8 Å². The molecule has 2 aromatic heterocycles. The highest BCUT2D eigenvalue weighted by Crippen LogP contribution is 2.43. The van der Waals surface area contributed by atoms with Gasteiger partial charge in [0.05, 0.1) is 38.1 Å². The number of ether oxygens (including phenoxy) is 3. The average molecular weight is 550 g/mol. The average Bonchev–Trinajstić information content (AvgIpc) is 3.52. The second-order valence-corrected chi connectivity index (χ2v) is 10.2. The largest absolute Gasteiger partial charge is 0.493 e. The highest BCUT2D eigenvalue weighted by atomic mass is 32.1. The Morgan fingerprint density at radius 1 is 0.923 bits per heavy atom. The van der Waals surface area contributed by atoms with Crippen molar-refractivity contribution in [1.29, 1.82) is 0 Å². The SMILES string of the molecule is COc1cc(-c2nnc(Nc3cc4nc(-c5cccc(F)c5)n(C5CCC5)c4cc3F)s2)cc(OC)c1OC. The molecule has 0 atom stereocenters. The smallest absolute Gasteiger partial charge is 0.210 e. The van der Waals surface area contributed by atoms with Gasteiger partial charge in [-0.2, -0.15) is 0 Å². The third-order valence-corrected chi connectivity index (χ3v) is 7.77. The lowest BCUT2D eigenvalue weighted by Crippen LogP contribution is -2.18. The maximum absolute atomic E-state index is 15.4. The molecule has 0 saturated heterocycles. The van der Waals surface area contributed by atoms with Crippen LogP contribution in [0.4, 0.5) is 19.6 Å². The third kappa shape index (κ3) is 4.52. The molecular formula is C28H25F2N5O3S. The number of fused-ring (bicyclic) bond motifs is 1. The Balaban J connectivity index is 1.35. The maximum atomic E-state index is 15.4. The number of imidazole rings is 1. The zero-order valence-electron chi connectivity index (χ0n) is 21.5. The van der Waals surface area contributed by atoms with Gasteiger partial charge in [0, 0.05) is 23.2 Å². The van der Waals surface area contributed by atoms with E-state index in [0.29, 0.717) is 55.4 Å². The summed E-state index contributed by atoms with van der Waals surface area (Å²) in [5.74, 6) is 1.30. The van der Waals surface area contributed by atoms with E-state index in [-0.39, 0.29) is 17.5 Å². The van der Waals surface area contributed by atoms with Crippen LogP contribution in [0.3, 0.4) is 0 Å². The summed E-state index contributed by atoms with van der Waals surface area (Å²) in [6, 6.07) is 13.2. The number of hydrogen-bond acceptors (Lipinski definition) is 8. The Labute approximate surface area is 227 Å². The molecule has 11 heteroatoms. The number of aromatic nitrogens is 4. The predicted octanol–water partition coefficient (Wildman–Crippen LogP) is 6.99. The first kappa shape index (κ1) is 25.1. The molecule has 1 N–H and O–H groups in total.